The lowest BCUT2D eigenvalue weighted by Crippen LogP contribution is -2.23. The molecule has 25 heavy (non-hydrogen) atoms. The highest BCUT2D eigenvalue weighted by atomic mass is 32.1. The van der Waals surface area contributed by atoms with Gasteiger partial charge in [-0.05, 0) is 36.2 Å². The lowest BCUT2D eigenvalue weighted by atomic mass is 10.1. The van der Waals surface area contributed by atoms with Gasteiger partial charge in [-0.25, -0.2) is 9.37 Å². The van der Waals surface area contributed by atoms with Crippen molar-refractivity contribution in [3.8, 4) is 5.75 Å². The van der Waals surface area contributed by atoms with E-state index in [2.05, 4.69) is 10.3 Å². The first kappa shape index (κ1) is 17.1. The molecule has 4 nitrogen and oxygen atoms in total. The molecule has 0 aliphatic carbocycles. The number of thiazole rings is 1. The maximum absolute atomic E-state index is 13.3. The van der Waals surface area contributed by atoms with Crippen LogP contribution >= 0.6 is 11.3 Å². The Labute approximate surface area is 149 Å². The second-order valence-electron chi connectivity index (χ2n) is 5.53. The number of rotatable bonds is 6. The standard InChI is InChI=1S/C19H17FN2O2S/c1-13-8-14(6-7-17(13)20)9-21-19(23)16-4-2-3-5-18(16)24-10-15-11-25-12-22-15/h2-8,11-12H,9-10H2,1H3,(H,21,23). The molecule has 2 aromatic carbocycles. The maximum atomic E-state index is 13.3. The molecule has 0 saturated carbocycles. The molecule has 0 spiro atoms. The fourth-order valence-electron chi connectivity index (χ4n) is 2.33. The first-order chi connectivity index (χ1) is 12.1. The van der Waals surface area contributed by atoms with Crippen LogP contribution in [0.3, 0.4) is 0 Å². The second-order valence-corrected chi connectivity index (χ2v) is 6.25. The van der Waals surface area contributed by atoms with Gasteiger partial charge in [0.2, 0.25) is 0 Å². The van der Waals surface area contributed by atoms with Crippen LogP contribution in [0.2, 0.25) is 0 Å². The van der Waals surface area contributed by atoms with Crippen molar-refractivity contribution in [2.75, 3.05) is 0 Å². The Kier molecular flexibility index (Phi) is 5.40. The highest BCUT2D eigenvalue weighted by Crippen LogP contribution is 2.19. The Morgan fingerprint density at radius 3 is 2.88 bits per heavy atom. The fourth-order valence-corrected chi connectivity index (χ4v) is 2.88. The normalized spacial score (nSPS) is 10.5. The van der Waals surface area contributed by atoms with Crippen LogP contribution in [0.5, 0.6) is 5.75 Å². The topological polar surface area (TPSA) is 51.2 Å². The molecule has 3 aromatic rings. The van der Waals surface area contributed by atoms with Gasteiger partial charge in [0.05, 0.1) is 16.8 Å². The number of benzene rings is 2. The summed E-state index contributed by atoms with van der Waals surface area (Å²) < 4.78 is 19.0. The van der Waals surface area contributed by atoms with E-state index in [0.29, 0.717) is 30.0 Å². The van der Waals surface area contributed by atoms with E-state index in [1.165, 1.54) is 17.4 Å². The van der Waals surface area contributed by atoms with Crippen LogP contribution in [0, 0.1) is 12.7 Å². The Hall–Kier alpha value is -2.73. The smallest absolute Gasteiger partial charge is 0.255 e. The first-order valence-corrected chi connectivity index (χ1v) is 8.70. The van der Waals surface area contributed by atoms with Gasteiger partial charge in [0, 0.05) is 11.9 Å². The number of aromatic nitrogens is 1. The van der Waals surface area contributed by atoms with Crippen LogP contribution in [-0.2, 0) is 13.2 Å². The van der Waals surface area contributed by atoms with Gasteiger partial charge >= 0.3 is 0 Å². The third-order valence-corrected chi connectivity index (χ3v) is 4.30. The lowest BCUT2D eigenvalue weighted by molar-refractivity contribution is 0.0946. The molecular weight excluding hydrogens is 339 g/mol. The van der Waals surface area contributed by atoms with E-state index in [9.17, 15) is 9.18 Å². The molecule has 0 bridgehead atoms. The predicted molar refractivity (Wildman–Crippen MR) is 95.2 cm³/mol. The number of hydrogen-bond donors (Lipinski definition) is 1. The van der Waals surface area contributed by atoms with Crippen molar-refractivity contribution in [2.24, 2.45) is 0 Å². The third kappa shape index (κ3) is 4.42. The maximum Gasteiger partial charge on any atom is 0.255 e. The number of amides is 1. The summed E-state index contributed by atoms with van der Waals surface area (Å²) >= 11 is 1.50. The summed E-state index contributed by atoms with van der Waals surface area (Å²) in [6, 6.07) is 11.9. The van der Waals surface area contributed by atoms with Crippen LogP contribution in [0.4, 0.5) is 4.39 Å². The highest BCUT2D eigenvalue weighted by molar-refractivity contribution is 7.07. The molecule has 3 rings (SSSR count). The van der Waals surface area contributed by atoms with Gasteiger partial charge in [0.1, 0.15) is 18.2 Å². The minimum Gasteiger partial charge on any atom is -0.486 e. The van der Waals surface area contributed by atoms with E-state index in [0.717, 1.165) is 11.3 Å². The van der Waals surface area contributed by atoms with Crippen molar-refractivity contribution in [2.45, 2.75) is 20.1 Å². The average Bonchev–Trinajstić information content (AvgIpc) is 3.14. The molecule has 6 heteroatoms. The van der Waals surface area contributed by atoms with E-state index in [1.54, 1.807) is 42.8 Å². The molecule has 1 heterocycles. The summed E-state index contributed by atoms with van der Waals surface area (Å²) in [4.78, 5) is 16.6. The largest absolute Gasteiger partial charge is 0.486 e. The number of para-hydroxylation sites is 1. The molecule has 0 fully saturated rings. The van der Waals surface area contributed by atoms with E-state index in [-0.39, 0.29) is 11.7 Å². The predicted octanol–water partition coefficient (Wildman–Crippen LogP) is 4.10. The van der Waals surface area contributed by atoms with Crippen LogP contribution < -0.4 is 10.1 Å². The van der Waals surface area contributed by atoms with E-state index < -0.39 is 0 Å². The molecule has 0 radical (unpaired) electrons. The molecule has 0 aliphatic rings. The van der Waals surface area contributed by atoms with Gasteiger partial charge < -0.3 is 10.1 Å². The lowest BCUT2D eigenvalue weighted by Gasteiger charge is -2.11. The van der Waals surface area contributed by atoms with Gasteiger partial charge in [-0.15, -0.1) is 11.3 Å². The molecule has 1 aromatic heterocycles. The van der Waals surface area contributed by atoms with E-state index in [4.69, 9.17) is 4.74 Å². The van der Waals surface area contributed by atoms with Crippen molar-refractivity contribution >= 4 is 17.2 Å². The summed E-state index contributed by atoms with van der Waals surface area (Å²) in [7, 11) is 0. The fraction of sp³-hybridized carbons (Fsp3) is 0.158. The number of carbonyl (C=O) groups is 1. The Balaban J connectivity index is 1.66. The Bertz CT molecular complexity index is 866. The average molecular weight is 356 g/mol. The van der Waals surface area contributed by atoms with E-state index in [1.807, 2.05) is 11.4 Å². The Morgan fingerprint density at radius 1 is 1.28 bits per heavy atom. The quantitative estimate of drug-likeness (QED) is 0.723. The van der Waals surface area contributed by atoms with Crippen molar-refractivity contribution in [3.05, 3.63) is 81.6 Å². The molecule has 128 valence electrons. The number of halogens is 1. The monoisotopic (exact) mass is 356 g/mol. The summed E-state index contributed by atoms with van der Waals surface area (Å²) in [6.45, 7) is 2.33. The second kappa shape index (κ2) is 7.90. The van der Waals surface area contributed by atoms with Gasteiger partial charge in [-0.1, -0.05) is 24.3 Å². The number of nitrogens with one attached hydrogen (secondary N) is 1. The van der Waals surface area contributed by atoms with Crippen molar-refractivity contribution in [1.82, 2.24) is 10.3 Å². The molecule has 1 amide bonds. The van der Waals surface area contributed by atoms with E-state index >= 15 is 0 Å². The number of ether oxygens (including phenoxy) is 1. The zero-order valence-corrected chi connectivity index (χ0v) is 14.5. The zero-order valence-electron chi connectivity index (χ0n) is 13.7. The Morgan fingerprint density at radius 2 is 2.12 bits per heavy atom. The minimum absolute atomic E-state index is 0.240. The van der Waals surface area contributed by atoms with Crippen molar-refractivity contribution < 1.29 is 13.9 Å². The van der Waals surface area contributed by atoms with Crippen molar-refractivity contribution in [1.29, 1.82) is 0 Å². The molecule has 0 saturated heterocycles. The van der Waals surface area contributed by atoms with Gasteiger partial charge in [-0.3, -0.25) is 4.79 Å². The number of aryl methyl sites for hydroxylation is 1. The van der Waals surface area contributed by atoms with Gasteiger partial charge in [-0.2, -0.15) is 0 Å². The molecule has 0 atom stereocenters. The van der Waals surface area contributed by atoms with Gasteiger partial charge in [0.25, 0.3) is 5.91 Å². The summed E-state index contributed by atoms with van der Waals surface area (Å²) in [6.07, 6.45) is 0. The number of carbonyl (C=O) groups excluding carboxylic acids is 1. The zero-order chi connectivity index (χ0) is 17.6. The van der Waals surface area contributed by atoms with Crippen LogP contribution in [0.15, 0.2) is 53.4 Å². The summed E-state index contributed by atoms with van der Waals surface area (Å²) in [5.74, 6) is 0.00926. The van der Waals surface area contributed by atoms with Crippen LogP contribution in [0.1, 0.15) is 27.2 Å². The summed E-state index contributed by atoms with van der Waals surface area (Å²) in [5, 5.41) is 4.74. The first-order valence-electron chi connectivity index (χ1n) is 7.75. The molecule has 1 N–H and O–H groups in total. The SMILES string of the molecule is Cc1cc(CNC(=O)c2ccccc2OCc2cscn2)ccc1F. The van der Waals surface area contributed by atoms with Crippen LogP contribution in [0.25, 0.3) is 0 Å². The minimum atomic E-state index is -0.254. The van der Waals surface area contributed by atoms with Crippen molar-refractivity contribution in [3.63, 3.8) is 0 Å². The molecule has 0 unspecified atom stereocenters. The number of nitrogens with zero attached hydrogens (tertiary/aromatic N) is 1. The third-order valence-electron chi connectivity index (χ3n) is 3.67. The van der Waals surface area contributed by atoms with Gasteiger partial charge in [0.15, 0.2) is 0 Å². The molecule has 0 aliphatic heterocycles. The highest BCUT2D eigenvalue weighted by Gasteiger charge is 2.12. The summed E-state index contributed by atoms with van der Waals surface area (Å²) in [5.41, 5.74) is 4.41. The number of hydrogen-bond acceptors (Lipinski definition) is 4. The molecular formula is C19H17FN2O2S. The van der Waals surface area contributed by atoms with Crippen LogP contribution in [-0.4, -0.2) is 10.9 Å².